The van der Waals surface area contributed by atoms with Gasteiger partial charge in [-0.25, -0.2) is 13.9 Å². The van der Waals surface area contributed by atoms with E-state index >= 15 is 0 Å². The number of aliphatic hydroxyl groups is 4. The number of phosphoric acid groups is 2. The summed E-state index contributed by atoms with van der Waals surface area (Å²) >= 11 is 0. The second-order valence-electron chi connectivity index (χ2n) is 20.4. The van der Waals surface area contributed by atoms with E-state index in [0.717, 1.165) is 55.2 Å². The van der Waals surface area contributed by atoms with Crippen molar-refractivity contribution in [3.63, 3.8) is 0 Å². The Morgan fingerprint density at radius 1 is 0.840 bits per heavy atom. The number of aliphatic hydroxyl groups excluding tert-OH is 4. The molecule has 2 bridgehead atoms. The fourth-order valence-corrected chi connectivity index (χ4v) is 11.1. The van der Waals surface area contributed by atoms with Crippen molar-refractivity contribution < 1.29 is 81.3 Å². The van der Waals surface area contributed by atoms with Gasteiger partial charge in [0.2, 0.25) is 0 Å². The zero-order valence-electron chi connectivity index (χ0n) is 44.5. The second-order valence-corrected chi connectivity index (χ2v) is 23.4. The van der Waals surface area contributed by atoms with Crippen LogP contribution in [-0.2, 0) is 51.1 Å². The van der Waals surface area contributed by atoms with Crippen LogP contribution in [0.2, 0.25) is 0 Å². The smallest absolute Gasteiger partial charge is 0.462 e. The number of rotatable bonds is 25. The number of nitrogens with two attached hydrogens (primary N) is 1. The third-order valence-corrected chi connectivity index (χ3v) is 15.9. The number of phosphoric ester groups is 2. The summed E-state index contributed by atoms with van der Waals surface area (Å²) in [5.41, 5.74) is 4.75. The van der Waals surface area contributed by atoms with Crippen LogP contribution in [0, 0.1) is 17.8 Å². The summed E-state index contributed by atoms with van der Waals surface area (Å²) in [7, 11) is -11.3. The maximum Gasteiger partial charge on any atom is 0.481 e. The van der Waals surface area contributed by atoms with Crippen LogP contribution in [0.15, 0.2) is 41.4 Å². The molecule has 430 valence electrons. The van der Waals surface area contributed by atoms with Crippen LogP contribution in [0.3, 0.4) is 0 Å². The molecule has 0 spiro atoms. The van der Waals surface area contributed by atoms with E-state index in [2.05, 4.69) is 23.1 Å². The molecule has 21 nitrogen and oxygen atoms in total. The van der Waals surface area contributed by atoms with Crippen molar-refractivity contribution in [2.24, 2.45) is 17.8 Å². The van der Waals surface area contributed by atoms with E-state index in [9.17, 15) is 58.5 Å². The van der Waals surface area contributed by atoms with Crippen molar-refractivity contribution >= 4 is 39.2 Å². The quantitative estimate of drug-likeness (QED) is 0.0210. The average molecular weight is 1110 g/mol. The van der Waals surface area contributed by atoms with Crippen molar-refractivity contribution in [1.82, 2.24) is 9.55 Å². The van der Waals surface area contributed by atoms with Gasteiger partial charge in [-0.3, -0.25) is 28.0 Å². The maximum absolute atomic E-state index is 14.0. The molecule has 1 aromatic rings. The minimum Gasteiger partial charge on any atom is -0.462 e. The van der Waals surface area contributed by atoms with Crippen molar-refractivity contribution in [2.45, 2.75) is 224 Å². The maximum atomic E-state index is 14.0. The average Bonchev–Trinajstić information content (AvgIpc) is 3.33. The predicted molar refractivity (Wildman–Crippen MR) is 281 cm³/mol. The van der Waals surface area contributed by atoms with Crippen LogP contribution in [0.25, 0.3) is 0 Å². The van der Waals surface area contributed by atoms with Crippen LogP contribution >= 0.6 is 15.6 Å². The fourth-order valence-electron chi connectivity index (χ4n) is 8.96. The molecule has 1 saturated heterocycles. The Morgan fingerprint density at radius 2 is 1.44 bits per heavy atom. The van der Waals surface area contributed by atoms with Crippen molar-refractivity contribution in [3.8, 4) is 0 Å². The van der Waals surface area contributed by atoms with Crippen molar-refractivity contribution in [1.29, 1.82) is 0 Å². The molecule has 23 heteroatoms. The number of esters is 2. The Bertz CT molecular complexity index is 2040. The van der Waals surface area contributed by atoms with Gasteiger partial charge in [-0.15, -0.1) is 0 Å². The molecule has 3 rings (SSSR count). The minimum absolute atomic E-state index is 0.000576. The number of ketones is 1. The minimum atomic E-state index is -5.72. The number of fused-ring (bicyclic) bond motifs is 3. The molecule has 2 aliphatic heterocycles. The highest BCUT2D eigenvalue weighted by molar-refractivity contribution is 7.61. The summed E-state index contributed by atoms with van der Waals surface area (Å²) in [6, 6.07) is 1.23. The SMILES string of the molecule is CCCCC[C@H](O)C=C[C@H]1C(=O)C[C@H](O)[C@@H]2C/C=C\CCCC(=O)OC[C@@H](OC(=O)CCCCCCCCCCCCCCCCC(C)C)COP(=O)(O)OP(=O)(O)OC[C@@H](O[C@H]2n2ccc(N)nc2=O)[C@@H](O)[C@H]1O. The molecular formula is C52H89N3O18P2. The molecule has 3 heterocycles. The Morgan fingerprint density at radius 3 is 2.05 bits per heavy atom. The molecule has 1 fully saturated rings. The molecule has 11 atom stereocenters. The number of anilines is 1. The van der Waals surface area contributed by atoms with Gasteiger partial charge in [0.05, 0.1) is 37.4 Å². The lowest BCUT2D eigenvalue weighted by Gasteiger charge is -2.39. The van der Waals surface area contributed by atoms with Crippen molar-refractivity contribution in [3.05, 3.63) is 47.1 Å². The number of hydrogen-bond donors (Lipinski definition) is 7. The van der Waals surface area contributed by atoms with E-state index in [1.165, 1.54) is 82.4 Å². The third kappa shape index (κ3) is 27.3. The number of ether oxygens (including phenoxy) is 3. The number of cyclic esters (lactones) is 1. The lowest BCUT2D eigenvalue weighted by molar-refractivity contribution is -0.186. The number of Topliss-reactive ketones (excluding diaryl/α,β-unsaturated/α-hetero) is 1. The van der Waals surface area contributed by atoms with Gasteiger partial charge in [0.15, 0.2) is 6.10 Å². The van der Waals surface area contributed by atoms with Gasteiger partial charge in [0, 0.05) is 31.4 Å². The molecule has 0 amide bonds. The highest BCUT2D eigenvalue weighted by Crippen LogP contribution is 2.60. The van der Waals surface area contributed by atoms with Crippen LogP contribution in [0.5, 0.6) is 0 Å². The number of unbranched alkanes of at least 4 members (excludes halogenated alkanes) is 15. The summed E-state index contributed by atoms with van der Waals surface area (Å²) in [5, 5.41) is 45.7. The Labute approximate surface area is 443 Å². The number of hydrogen-bond acceptors (Lipinski definition) is 18. The zero-order valence-corrected chi connectivity index (χ0v) is 46.3. The summed E-state index contributed by atoms with van der Waals surface area (Å²) in [6.07, 6.45) is 14.3. The second kappa shape index (κ2) is 36.1. The van der Waals surface area contributed by atoms with E-state index in [1.807, 2.05) is 6.92 Å². The van der Waals surface area contributed by atoms with E-state index in [4.69, 9.17) is 29.0 Å². The van der Waals surface area contributed by atoms with Crippen LogP contribution in [0.4, 0.5) is 5.82 Å². The number of aromatic nitrogens is 2. The van der Waals surface area contributed by atoms with Gasteiger partial charge < -0.3 is 50.2 Å². The molecule has 2 unspecified atom stereocenters. The molecular weight excluding hydrogens is 1020 g/mol. The number of nitrogens with zero attached hydrogens (tertiary/aromatic N) is 2. The van der Waals surface area contributed by atoms with E-state index < -0.39 is 120 Å². The Balaban J connectivity index is 1.75. The number of carbonyl (C=O) groups excluding carboxylic acids is 3. The lowest BCUT2D eigenvalue weighted by Crippen LogP contribution is -2.51. The monoisotopic (exact) mass is 1110 g/mol. The summed E-state index contributed by atoms with van der Waals surface area (Å²) in [5.74, 6) is -4.44. The zero-order chi connectivity index (χ0) is 55.2. The summed E-state index contributed by atoms with van der Waals surface area (Å²) < 4.78 is 59.1. The molecule has 0 aromatic carbocycles. The first-order chi connectivity index (χ1) is 35.7. The van der Waals surface area contributed by atoms with Crippen LogP contribution < -0.4 is 11.4 Å². The Hall–Kier alpha value is -3.17. The number of carbonyl (C=O) groups is 3. The van der Waals surface area contributed by atoms with E-state index in [-0.39, 0.29) is 37.9 Å². The van der Waals surface area contributed by atoms with Gasteiger partial charge in [0.25, 0.3) is 0 Å². The first-order valence-electron chi connectivity index (χ1n) is 27.3. The molecule has 0 aliphatic carbocycles. The van der Waals surface area contributed by atoms with Gasteiger partial charge in [-0.05, 0) is 44.1 Å². The van der Waals surface area contributed by atoms with Crippen LogP contribution in [0.1, 0.15) is 188 Å². The topological polar surface area (TPSA) is 323 Å². The predicted octanol–water partition coefficient (Wildman–Crippen LogP) is 8.23. The van der Waals surface area contributed by atoms with Gasteiger partial charge in [-0.2, -0.15) is 9.29 Å². The first kappa shape index (κ1) is 66.1. The van der Waals surface area contributed by atoms with Crippen LogP contribution in [-0.4, -0.2) is 114 Å². The van der Waals surface area contributed by atoms with E-state index in [1.54, 1.807) is 12.2 Å². The molecule has 2 aliphatic rings. The first-order valence-corrected chi connectivity index (χ1v) is 30.3. The van der Waals surface area contributed by atoms with Crippen molar-refractivity contribution in [2.75, 3.05) is 25.6 Å². The molecule has 75 heavy (non-hydrogen) atoms. The lowest BCUT2D eigenvalue weighted by atomic mass is 9.83. The van der Waals surface area contributed by atoms with Gasteiger partial charge in [-0.1, -0.05) is 154 Å². The highest BCUT2D eigenvalue weighted by atomic mass is 31.3. The molecule has 8 N–H and O–H groups in total. The fraction of sp³-hybridized carbons (Fsp3) is 0.788. The summed E-state index contributed by atoms with van der Waals surface area (Å²) in [4.78, 5) is 78.2. The van der Waals surface area contributed by atoms with E-state index in [0.29, 0.717) is 19.3 Å². The molecule has 0 radical (unpaired) electrons. The largest absolute Gasteiger partial charge is 0.481 e. The number of allylic oxidation sites excluding steroid dienone is 2. The molecule has 1 aromatic heterocycles. The molecule has 0 saturated carbocycles. The number of nitrogen functional groups attached to an aromatic ring is 1. The van der Waals surface area contributed by atoms with Gasteiger partial charge >= 0.3 is 33.3 Å². The summed E-state index contributed by atoms with van der Waals surface area (Å²) in [6.45, 7) is 3.76. The third-order valence-electron chi connectivity index (χ3n) is 13.3. The Kier molecular flexibility index (Phi) is 31.8. The van der Waals surface area contributed by atoms with Gasteiger partial charge in [0.1, 0.15) is 36.6 Å². The normalized spacial score (nSPS) is 29.1. The highest BCUT2D eigenvalue weighted by Gasteiger charge is 2.45. The standard InChI is InChI=1S/C52H89N3O18P2/c1-4-5-20-26-39(56)30-31-41-43(57)34-44(58)42-27-22-18-19-23-28-47(59)68-35-40(71-48(60)29-24-17-15-13-11-9-7-6-8-10-12-14-16-21-25-38(2)3)36-69-74(64,65)73-75(66,67)70-37-45(50(62)49(41)61)72-51(42)55-33-32-46(53)54-52(55)63/h18,22,30-33,38-42,44-45,49-51,56,58,61-62H,4-17,19-21,23-29,34-37H2,1-3H3,(H,64,65)(H,66,67)(H2,53,54,63)/b22-18-,31-30?/t39-,40+,41-,42-,44-,45+,49-,50+,51+/m0/s1.